The Kier molecular flexibility index (Phi) is 5.07. The Morgan fingerprint density at radius 2 is 1.86 bits per heavy atom. The third-order valence-corrected chi connectivity index (χ3v) is 5.59. The van der Waals surface area contributed by atoms with Crippen LogP contribution in [0.5, 0.6) is 0 Å². The van der Waals surface area contributed by atoms with Gasteiger partial charge in [-0.05, 0) is 18.2 Å². The molecule has 0 aliphatic rings. The maximum atomic E-state index is 13.7. The van der Waals surface area contributed by atoms with Gasteiger partial charge in [0.1, 0.15) is 10.7 Å². The number of sulfone groups is 1. The Balaban J connectivity index is 3.34. The van der Waals surface area contributed by atoms with Gasteiger partial charge in [-0.1, -0.05) is 0 Å². The van der Waals surface area contributed by atoms with Gasteiger partial charge in [-0.2, -0.15) is 4.31 Å². The number of likely N-dealkylation sites (N-methyl/N-ethyl adjacent to an activating group) is 2. The van der Waals surface area contributed by atoms with Crippen LogP contribution in [0.1, 0.15) is 0 Å². The van der Waals surface area contributed by atoms with Crippen LogP contribution in [0, 0.1) is 5.82 Å². The number of hydrogen-bond acceptors (Lipinski definition) is 5. The molecular formula is C11H15FN2O5S2. The van der Waals surface area contributed by atoms with E-state index in [4.69, 9.17) is 0 Å². The van der Waals surface area contributed by atoms with E-state index >= 15 is 0 Å². The summed E-state index contributed by atoms with van der Waals surface area (Å²) in [6.45, 7) is -0.513. The van der Waals surface area contributed by atoms with E-state index in [1.54, 1.807) is 0 Å². The average Bonchev–Trinajstić information content (AvgIpc) is 2.37. The second-order valence-electron chi connectivity index (χ2n) is 4.30. The number of hydrogen-bond donors (Lipinski definition) is 1. The summed E-state index contributed by atoms with van der Waals surface area (Å²) in [5, 5.41) is 2.24. The van der Waals surface area contributed by atoms with Gasteiger partial charge < -0.3 is 5.32 Å². The van der Waals surface area contributed by atoms with Gasteiger partial charge in [0.25, 0.3) is 0 Å². The molecule has 1 amide bonds. The van der Waals surface area contributed by atoms with Crippen LogP contribution in [-0.4, -0.2) is 53.9 Å². The first-order chi connectivity index (χ1) is 9.50. The Bertz CT molecular complexity index is 759. The summed E-state index contributed by atoms with van der Waals surface area (Å²) in [6, 6.07) is 2.47. The van der Waals surface area contributed by atoms with E-state index < -0.39 is 43.0 Å². The third-order valence-electron chi connectivity index (χ3n) is 2.66. The number of nitrogens with one attached hydrogen (secondary N) is 1. The maximum absolute atomic E-state index is 13.7. The molecule has 0 heterocycles. The van der Waals surface area contributed by atoms with Crippen molar-refractivity contribution in [2.75, 3.05) is 26.9 Å². The molecule has 0 bridgehead atoms. The number of sulfonamides is 1. The summed E-state index contributed by atoms with van der Waals surface area (Å²) in [5.41, 5.74) is 0. The van der Waals surface area contributed by atoms with Gasteiger partial charge in [-0.25, -0.2) is 21.2 Å². The second kappa shape index (κ2) is 6.08. The lowest BCUT2D eigenvalue weighted by molar-refractivity contribution is -0.120. The van der Waals surface area contributed by atoms with E-state index in [1.807, 2.05) is 0 Å². The lowest BCUT2D eigenvalue weighted by Crippen LogP contribution is -2.37. The minimum absolute atomic E-state index is 0.323. The largest absolute Gasteiger partial charge is 0.358 e. The highest BCUT2D eigenvalue weighted by molar-refractivity contribution is 7.91. The molecule has 0 aliphatic carbocycles. The van der Waals surface area contributed by atoms with Gasteiger partial charge >= 0.3 is 0 Å². The first-order valence-corrected chi connectivity index (χ1v) is 9.00. The summed E-state index contributed by atoms with van der Waals surface area (Å²) in [4.78, 5) is 10.1. The molecule has 0 fully saturated rings. The number of halogens is 1. The lowest BCUT2D eigenvalue weighted by atomic mass is 10.3. The molecule has 118 valence electrons. The normalized spacial score (nSPS) is 12.4. The van der Waals surface area contributed by atoms with E-state index in [0.29, 0.717) is 4.31 Å². The molecule has 0 saturated heterocycles. The molecule has 7 nitrogen and oxygen atoms in total. The molecule has 0 unspecified atom stereocenters. The first kappa shape index (κ1) is 17.5. The van der Waals surface area contributed by atoms with E-state index in [-0.39, 0.29) is 4.90 Å². The second-order valence-corrected chi connectivity index (χ2v) is 8.33. The highest BCUT2D eigenvalue weighted by Crippen LogP contribution is 2.22. The van der Waals surface area contributed by atoms with Gasteiger partial charge in [-0.3, -0.25) is 4.79 Å². The van der Waals surface area contributed by atoms with Crippen LogP contribution in [0.2, 0.25) is 0 Å². The van der Waals surface area contributed by atoms with Gasteiger partial charge in [0, 0.05) is 20.4 Å². The van der Waals surface area contributed by atoms with Crippen molar-refractivity contribution < 1.29 is 26.0 Å². The molecule has 1 aromatic rings. The SMILES string of the molecule is CNC(=O)CN(C)S(=O)(=O)c1cc(S(C)(=O)=O)ccc1F. The number of nitrogens with zero attached hydrogens (tertiary/aromatic N) is 1. The average molecular weight is 338 g/mol. The zero-order valence-corrected chi connectivity index (χ0v) is 13.3. The molecule has 0 saturated carbocycles. The molecule has 21 heavy (non-hydrogen) atoms. The van der Waals surface area contributed by atoms with E-state index in [0.717, 1.165) is 31.5 Å². The van der Waals surface area contributed by atoms with Crippen LogP contribution >= 0.6 is 0 Å². The molecule has 0 atom stereocenters. The molecule has 0 radical (unpaired) electrons. The van der Waals surface area contributed by atoms with Crippen molar-refractivity contribution in [1.29, 1.82) is 0 Å². The molecule has 0 aromatic heterocycles. The summed E-state index contributed by atoms with van der Waals surface area (Å²) in [6.07, 6.45) is 0.880. The molecule has 0 aliphatic heterocycles. The van der Waals surface area contributed by atoms with Crippen molar-refractivity contribution in [2.45, 2.75) is 9.79 Å². The van der Waals surface area contributed by atoms with Crippen molar-refractivity contribution in [3.8, 4) is 0 Å². The quantitative estimate of drug-likeness (QED) is 0.736. The Hall–Kier alpha value is -1.52. The highest BCUT2D eigenvalue weighted by atomic mass is 32.2. The van der Waals surface area contributed by atoms with Crippen molar-refractivity contribution in [1.82, 2.24) is 9.62 Å². The fourth-order valence-corrected chi connectivity index (χ4v) is 3.38. The fraction of sp³-hybridized carbons (Fsp3) is 0.364. The first-order valence-electron chi connectivity index (χ1n) is 5.66. The van der Waals surface area contributed by atoms with Gasteiger partial charge in [-0.15, -0.1) is 0 Å². The van der Waals surface area contributed by atoms with Gasteiger partial charge in [0.2, 0.25) is 15.9 Å². The van der Waals surface area contributed by atoms with Crippen LogP contribution in [0.15, 0.2) is 28.0 Å². The topological polar surface area (TPSA) is 101 Å². The Labute approximate surface area is 122 Å². The molecular weight excluding hydrogens is 323 g/mol. The molecule has 1 aromatic carbocycles. The molecule has 1 N–H and O–H groups in total. The minimum Gasteiger partial charge on any atom is -0.358 e. The molecule has 10 heteroatoms. The Morgan fingerprint density at radius 3 is 2.33 bits per heavy atom. The number of carbonyl (C=O) groups is 1. The summed E-state index contributed by atoms with van der Waals surface area (Å²) >= 11 is 0. The summed E-state index contributed by atoms with van der Waals surface area (Å²) in [5.74, 6) is -1.67. The predicted molar refractivity (Wildman–Crippen MR) is 73.4 cm³/mol. The maximum Gasteiger partial charge on any atom is 0.246 e. The third kappa shape index (κ3) is 3.99. The fourth-order valence-electron chi connectivity index (χ4n) is 1.45. The van der Waals surface area contributed by atoms with E-state index in [9.17, 15) is 26.0 Å². The lowest BCUT2D eigenvalue weighted by Gasteiger charge is -2.17. The highest BCUT2D eigenvalue weighted by Gasteiger charge is 2.27. The van der Waals surface area contributed by atoms with Crippen molar-refractivity contribution in [3.63, 3.8) is 0 Å². The van der Waals surface area contributed by atoms with Crippen molar-refractivity contribution in [2.24, 2.45) is 0 Å². The number of rotatable bonds is 5. The molecule has 1 rings (SSSR count). The van der Waals surface area contributed by atoms with Crippen molar-refractivity contribution >= 4 is 25.8 Å². The summed E-state index contributed by atoms with van der Waals surface area (Å²) < 4.78 is 61.6. The van der Waals surface area contributed by atoms with Gasteiger partial charge in [0.05, 0.1) is 11.4 Å². The summed E-state index contributed by atoms with van der Waals surface area (Å²) in [7, 11) is -5.59. The predicted octanol–water partition coefficient (Wildman–Crippen LogP) is -0.404. The number of benzene rings is 1. The van der Waals surface area contributed by atoms with E-state index in [2.05, 4.69) is 5.32 Å². The van der Waals surface area contributed by atoms with Crippen LogP contribution in [0.25, 0.3) is 0 Å². The van der Waals surface area contributed by atoms with Crippen LogP contribution in [-0.2, 0) is 24.7 Å². The molecule has 0 spiro atoms. The van der Waals surface area contributed by atoms with Gasteiger partial charge in [0.15, 0.2) is 9.84 Å². The van der Waals surface area contributed by atoms with Crippen molar-refractivity contribution in [3.05, 3.63) is 24.0 Å². The zero-order chi connectivity index (χ0) is 16.4. The van der Waals surface area contributed by atoms with E-state index in [1.165, 1.54) is 7.05 Å². The number of carbonyl (C=O) groups excluding carboxylic acids is 1. The zero-order valence-electron chi connectivity index (χ0n) is 11.6. The van der Waals surface area contributed by atoms with Crippen LogP contribution in [0.4, 0.5) is 4.39 Å². The van der Waals surface area contributed by atoms with Crippen LogP contribution in [0.3, 0.4) is 0 Å². The monoisotopic (exact) mass is 338 g/mol. The minimum atomic E-state index is -4.32. The Morgan fingerprint density at radius 1 is 1.29 bits per heavy atom. The number of amides is 1. The standard InChI is InChI=1S/C11H15FN2O5S2/c1-13-11(15)7-14(2)21(18,19)10-6-8(20(3,16)17)4-5-9(10)12/h4-6H,7H2,1-3H3,(H,13,15). The van der Waals surface area contributed by atoms with Crippen LogP contribution < -0.4 is 5.32 Å². The smallest absolute Gasteiger partial charge is 0.246 e.